The molecule has 1 heterocycles. The average Bonchev–Trinajstić information content (AvgIpc) is 3.03. The van der Waals surface area contributed by atoms with Crippen molar-refractivity contribution < 1.29 is 28.8 Å². The van der Waals surface area contributed by atoms with Crippen molar-refractivity contribution in [1.82, 2.24) is 4.90 Å². The summed E-state index contributed by atoms with van der Waals surface area (Å²) in [7, 11) is 1.18. The van der Waals surface area contributed by atoms with Crippen molar-refractivity contribution in [3.8, 4) is 0 Å². The summed E-state index contributed by atoms with van der Waals surface area (Å²) in [6.45, 7) is -0.596. The van der Waals surface area contributed by atoms with Crippen molar-refractivity contribution in [3.05, 3.63) is 72.6 Å². The predicted molar refractivity (Wildman–Crippen MR) is 122 cm³/mol. The molecule has 1 N–H and O–H groups in total. The van der Waals surface area contributed by atoms with Gasteiger partial charge in [-0.2, -0.15) is 0 Å². The van der Waals surface area contributed by atoms with E-state index in [1.165, 1.54) is 49.6 Å². The zero-order valence-corrected chi connectivity index (χ0v) is 19.0. The Hall–Kier alpha value is -3.41. The average molecular weight is 510 g/mol. The van der Waals surface area contributed by atoms with Gasteiger partial charge in [-0.05, 0) is 42.1 Å². The van der Waals surface area contributed by atoms with Gasteiger partial charge in [0.2, 0.25) is 5.91 Å². The third-order valence-corrected chi connectivity index (χ3v) is 5.89. The van der Waals surface area contributed by atoms with Crippen LogP contribution in [0.15, 0.2) is 41.3 Å². The Kier molecular flexibility index (Phi) is 7.36. The van der Waals surface area contributed by atoms with Crippen LogP contribution in [0.2, 0.25) is 10.0 Å². The molecule has 170 valence electrons. The van der Waals surface area contributed by atoms with Gasteiger partial charge in [-0.3, -0.25) is 29.4 Å². The first-order chi connectivity index (χ1) is 15.6. The molecule has 1 saturated heterocycles. The molecule has 33 heavy (non-hydrogen) atoms. The van der Waals surface area contributed by atoms with Crippen molar-refractivity contribution in [2.45, 2.75) is 0 Å². The van der Waals surface area contributed by atoms with Gasteiger partial charge >= 0.3 is 5.97 Å². The monoisotopic (exact) mass is 509 g/mol. The van der Waals surface area contributed by atoms with Crippen LogP contribution in [0, 0.1) is 10.1 Å². The maximum atomic E-state index is 12.6. The van der Waals surface area contributed by atoms with Crippen molar-refractivity contribution in [3.63, 3.8) is 0 Å². The normalized spacial score (nSPS) is 14.5. The molecule has 13 heteroatoms. The molecule has 3 rings (SSSR count). The summed E-state index contributed by atoms with van der Waals surface area (Å²) in [6.07, 6.45) is 1.25. The Morgan fingerprint density at radius 2 is 1.88 bits per heavy atom. The van der Waals surface area contributed by atoms with Gasteiger partial charge in [-0.25, -0.2) is 4.79 Å². The molecule has 0 spiro atoms. The Bertz CT molecular complexity index is 1230. The van der Waals surface area contributed by atoms with Crippen LogP contribution in [-0.2, 0) is 14.3 Å². The summed E-state index contributed by atoms with van der Waals surface area (Å²) < 4.78 is 4.61. The summed E-state index contributed by atoms with van der Waals surface area (Å²) in [5.74, 6) is -2.16. The molecule has 0 bridgehead atoms. The molecule has 3 amide bonds. The second-order valence-corrected chi connectivity index (χ2v) is 8.27. The fraction of sp³-hybridized carbons (Fsp3) is 0.100. The van der Waals surface area contributed by atoms with E-state index < -0.39 is 34.5 Å². The SMILES string of the molecule is COC(=O)c1cc(NC(=O)CN2C(=O)S/C(=C\c3cc([N+](=O)[O-])ccc3Cl)C2=O)ccc1Cl. The molecule has 0 unspecified atom stereocenters. The van der Waals surface area contributed by atoms with Gasteiger partial charge in [-0.1, -0.05) is 23.2 Å². The highest BCUT2D eigenvalue weighted by Gasteiger charge is 2.36. The number of halogens is 2. The Morgan fingerprint density at radius 1 is 1.18 bits per heavy atom. The van der Waals surface area contributed by atoms with Gasteiger partial charge in [0.05, 0.1) is 27.5 Å². The van der Waals surface area contributed by atoms with Crippen molar-refractivity contribution >= 4 is 75.4 Å². The smallest absolute Gasteiger partial charge is 0.339 e. The maximum Gasteiger partial charge on any atom is 0.339 e. The number of non-ortho nitro benzene ring substituents is 1. The molecule has 0 saturated carbocycles. The van der Waals surface area contributed by atoms with Gasteiger partial charge in [0, 0.05) is 28.4 Å². The summed E-state index contributed by atoms with van der Waals surface area (Å²) in [5, 5.41) is 13.0. The number of carbonyl (C=O) groups excluding carboxylic acids is 4. The minimum atomic E-state index is -0.755. The van der Waals surface area contributed by atoms with Crippen molar-refractivity contribution in [1.29, 1.82) is 0 Å². The quantitative estimate of drug-likeness (QED) is 0.262. The van der Waals surface area contributed by atoms with Crippen molar-refractivity contribution in [2.24, 2.45) is 0 Å². The van der Waals surface area contributed by atoms with Gasteiger partial charge in [0.15, 0.2) is 0 Å². The van der Waals surface area contributed by atoms with E-state index in [2.05, 4.69) is 10.1 Å². The second-order valence-electron chi connectivity index (χ2n) is 6.47. The number of methoxy groups -OCH3 is 1. The predicted octanol–water partition coefficient (Wildman–Crippen LogP) is 4.36. The molecular weight excluding hydrogens is 497 g/mol. The first-order valence-electron chi connectivity index (χ1n) is 8.97. The number of hydrogen-bond donors (Lipinski definition) is 1. The first-order valence-corrected chi connectivity index (χ1v) is 10.5. The molecule has 0 radical (unpaired) electrons. The van der Waals surface area contributed by atoms with E-state index in [0.717, 1.165) is 0 Å². The zero-order valence-electron chi connectivity index (χ0n) is 16.7. The van der Waals surface area contributed by atoms with Crippen LogP contribution in [0.3, 0.4) is 0 Å². The molecule has 0 aromatic heterocycles. The minimum Gasteiger partial charge on any atom is -0.465 e. The second kappa shape index (κ2) is 10.0. The largest absolute Gasteiger partial charge is 0.465 e. The molecule has 1 aliphatic heterocycles. The number of anilines is 1. The summed E-state index contributed by atoms with van der Waals surface area (Å²) in [6, 6.07) is 7.79. The highest BCUT2D eigenvalue weighted by Crippen LogP contribution is 2.34. The van der Waals surface area contributed by atoms with Crippen LogP contribution >= 0.6 is 35.0 Å². The first kappa shape index (κ1) is 24.2. The van der Waals surface area contributed by atoms with Crippen LogP contribution in [0.1, 0.15) is 15.9 Å². The number of thioether (sulfide) groups is 1. The van der Waals surface area contributed by atoms with E-state index in [4.69, 9.17) is 23.2 Å². The lowest BCUT2D eigenvalue weighted by atomic mass is 10.2. The van der Waals surface area contributed by atoms with E-state index in [9.17, 15) is 29.3 Å². The van der Waals surface area contributed by atoms with Gasteiger partial charge in [0.1, 0.15) is 6.54 Å². The van der Waals surface area contributed by atoms with Crippen LogP contribution in [-0.4, -0.2) is 46.5 Å². The number of hydrogen-bond acceptors (Lipinski definition) is 8. The van der Waals surface area contributed by atoms with Gasteiger partial charge in [-0.15, -0.1) is 0 Å². The number of amides is 3. The van der Waals surface area contributed by atoms with E-state index >= 15 is 0 Å². The fourth-order valence-electron chi connectivity index (χ4n) is 2.75. The van der Waals surface area contributed by atoms with Crippen molar-refractivity contribution in [2.75, 3.05) is 19.0 Å². The number of ether oxygens (including phenoxy) is 1. The van der Waals surface area contributed by atoms with Gasteiger partial charge < -0.3 is 10.1 Å². The number of imide groups is 1. The van der Waals surface area contributed by atoms with Crippen LogP contribution in [0.5, 0.6) is 0 Å². The molecule has 0 atom stereocenters. The molecule has 2 aromatic rings. The van der Waals surface area contributed by atoms with E-state index in [0.29, 0.717) is 16.7 Å². The number of nitrogens with one attached hydrogen (secondary N) is 1. The third-order valence-electron chi connectivity index (χ3n) is 4.31. The number of nitro benzene ring substituents is 1. The van der Waals surface area contributed by atoms with Crippen LogP contribution in [0.25, 0.3) is 6.08 Å². The highest BCUT2D eigenvalue weighted by molar-refractivity contribution is 8.18. The Morgan fingerprint density at radius 3 is 2.55 bits per heavy atom. The number of rotatable bonds is 6. The minimum absolute atomic E-state index is 0.0277. The number of carbonyl (C=O) groups is 4. The number of nitrogens with zero attached hydrogens (tertiary/aromatic N) is 2. The highest BCUT2D eigenvalue weighted by atomic mass is 35.5. The lowest BCUT2D eigenvalue weighted by molar-refractivity contribution is -0.384. The number of benzene rings is 2. The molecular formula is C20H13Cl2N3O7S. The summed E-state index contributed by atoms with van der Waals surface area (Å²) in [4.78, 5) is 60.1. The van der Waals surface area contributed by atoms with Crippen LogP contribution in [0.4, 0.5) is 16.2 Å². The summed E-state index contributed by atoms with van der Waals surface area (Å²) >= 11 is 12.5. The standard InChI is InChI=1S/C20H13Cl2N3O7S/c1-32-19(28)13-8-11(2-4-15(13)22)23-17(26)9-24-18(27)16(33-20(24)29)7-10-6-12(25(30)31)3-5-14(10)21/h2-8H,9H2,1H3,(H,23,26)/b16-7-. The summed E-state index contributed by atoms with van der Waals surface area (Å²) in [5.41, 5.74) is 0.173. The number of nitro groups is 1. The Labute approximate surface area is 200 Å². The van der Waals surface area contributed by atoms with E-state index in [1.54, 1.807) is 0 Å². The molecule has 0 aliphatic carbocycles. The number of esters is 1. The topological polar surface area (TPSA) is 136 Å². The molecule has 1 aliphatic rings. The Balaban J connectivity index is 1.75. The fourth-order valence-corrected chi connectivity index (χ4v) is 3.94. The lowest BCUT2D eigenvalue weighted by Crippen LogP contribution is -2.36. The molecule has 10 nitrogen and oxygen atoms in total. The van der Waals surface area contributed by atoms with Crippen LogP contribution < -0.4 is 5.32 Å². The lowest BCUT2D eigenvalue weighted by Gasteiger charge is -2.13. The van der Waals surface area contributed by atoms with E-state index in [-0.39, 0.29) is 37.5 Å². The third kappa shape index (κ3) is 5.51. The maximum absolute atomic E-state index is 12.6. The molecule has 1 fully saturated rings. The molecule has 2 aromatic carbocycles. The van der Waals surface area contributed by atoms with Gasteiger partial charge in [0.25, 0.3) is 16.8 Å². The zero-order chi connectivity index (χ0) is 24.3. The van der Waals surface area contributed by atoms with E-state index in [1.807, 2.05) is 0 Å².